The summed E-state index contributed by atoms with van der Waals surface area (Å²) in [5, 5.41) is 0. The van der Waals surface area contributed by atoms with Crippen molar-refractivity contribution in [3.05, 3.63) is 17.0 Å². The Morgan fingerprint density at radius 2 is 1.46 bits per heavy atom. The van der Waals surface area contributed by atoms with Gasteiger partial charge in [0.1, 0.15) is 0 Å². The number of thiophene rings is 2. The summed E-state index contributed by atoms with van der Waals surface area (Å²) >= 11 is 2.81. The van der Waals surface area contributed by atoms with Gasteiger partial charge in [0.25, 0.3) is 0 Å². The molecule has 0 saturated heterocycles. The number of rotatable bonds is 11. The summed E-state index contributed by atoms with van der Waals surface area (Å²) in [5.41, 5.74) is 3.08. The van der Waals surface area contributed by atoms with Gasteiger partial charge in [0.05, 0.1) is 0 Å². The van der Waals surface area contributed by atoms with Crippen LogP contribution >= 0.6 is 22.7 Å². The van der Waals surface area contributed by atoms with Gasteiger partial charge in [-0.1, -0.05) is 0 Å². The third-order valence-corrected chi connectivity index (χ3v) is 15.6. The first-order valence-electron chi connectivity index (χ1n) is 10.7. The molecule has 26 heavy (non-hydrogen) atoms. The molecule has 0 aliphatic carbocycles. The number of hydrogen-bond donors (Lipinski definition) is 0. The molecule has 3 aromatic heterocycles. The Kier molecular flexibility index (Phi) is 7.95. The van der Waals surface area contributed by atoms with Crippen LogP contribution in [0.1, 0.15) is 70.1 Å². The van der Waals surface area contributed by atoms with Crippen LogP contribution in [0.2, 0.25) is 9.88 Å². The number of fused-ring (bicyclic) bond motifs is 3. The fourth-order valence-corrected chi connectivity index (χ4v) is 10.7. The van der Waals surface area contributed by atoms with Gasteiger partial charge in [0.2, 0.25) is 0 Å². The first-order valence-corrected chi connectivity index (χ1v) is 20.6. The minimum atomic E-state index is -1.41. The summed E-state index contributed by atoms with van der Waals surface area (Å²) in [6, 6.07) is 5.09. The van der Waals surface area contributed by atoms with E-state index in [9.17, 15) is 0 Å². The van der Waals surface area contributed by atoms with E-state index >= 15 is 0 Å². The zero-order valence-corrected chi connectivity index (χ0v) is 22.0. The van der Waals surface area contributed by atoms with E-state index in [1.54, 1.807) is 22.7 Å². The predicted octanol–water partition coefficient (Wildman–Crippen LogP) is 7.31. The van der Waals surface area contributed by atoms with E-state index in [1.807, 2.05) is 0 Å². The number of unbranched alkanes of at least 4 members (excludes halogenated alkanes) is 6. The van der Waals surface area contributed by atoms with Gasteiger partial charge in [-0.25, -0.2) is 0 Å². The third kappa shape index (κ3) is 4.69. The van der Waals surface area contributed by atoms with E-state index in [0.29, 0.717) is 0 Å². The van der Waals surface area contributed by atoms with Crippen molar-refractivity contribution in [3.8, 4) is 0 Å². The maximum atomic E-state index is 2.67. The predicted molar refractivity (Wildman–Crippen MR) is 126 cm³/mol. The van der Waals surface area contributed by atoms with Crippen LogP contribution < -0.4 is 2.89 Å². The van der Waals surface area contributed by atoms with Crippen LogP contribution in [0, 0.1) is 0 Å². The van der Waals surface area contributed by atoms with Crippen LogP contribution in [-0.4, -0.2) is 24.3 Å². The van der Waals surface area contributed by atoms with Crippen molar-refractivity contribution in [1.82, 2.24) is 4.57 Å². The number of hydrogen-bond acceptors (Lipinski definition) is 2. The molecule has 3 heterocycles. The van der Waals surface area contributed by atoms with Gasteiger partial charge < -0.3 is 0 Å². The molecule has 0 radical (unpaired) electrons. The second-order valence-electron chi connectivity index (χ2n) is 7.97. The number of nitrogens with zero attached hydrogens (tertiary/aromatic N) is 1. The van der Waals surface area contributed by atoms with Crippen LogP contribution in [0.5, 0.6) is 0 Å². The van der Waals surface area contributed by atoms with Crippen molar-refractivity contribution in [1.29, 1.82) is 0 Å². The van der Waals surface area contributed by atoms with Crippen LogP contribution in [0.15, 0.2) is 12.1 Å². The summed E-state index contributed by atoms with van der Waals surface area (Å²) in [6.07, 6.45) is 12.1. The van der Waals surface area contributed by atoms with Gasteiger partial charge in [-0.3, -0.25) is 0 Å². The van der Waals surface area contributed by atoms with E-state index in [2.05, 4.69) is 63.1 Å². The maximum absolute atomic E-state index is 2.67. The molecule has 0 fully saturated rings. The molecule has 144 valence electrons. The molecule has 0 atom stereocenters. The van der Waals surface area contributed by atoms with Crippen molar-refractivity contribution in [2.45, 2.75) is 88.1 Å². The molecule has 1 nitrogen and oxygen atoms in total. The second kappa shape index (κ2) is 9.97. The molecule has 0 N–H and O–H groups in total. The standard InChI is InChI=1S/C20H28NS2.2CH3.Sn.H/c1-3-5-7-9-11-16-15-18-20(23-16)19-17(12-14-22-19)21(18)13-10-8-6-4-2;;;;/h12,15H,3-11,13H2,1-2H3;2*1H3;;. The Labute approximate surface area is 174 Å². The summed E-state index contributed by atoms with van der Waals surface area (Å²) in [7, 11) is 0. The van der Waals surface area contributed by atoms with Crippen LogP contribution in [0.25, 0.3) is 20.4 Å². The Morgan fingerprint density at radius 1 is 0.808 bits per heavy atom. The van der Waals surface area contributed by atoms with E-state index in [1.165, 1.54) is 69.8 Å². The van der Waals surface area contributed by atoms with Crippen molar-refractivity contribution in [2.75, 3.05) is 0 Å². The zero-order chi connectivity index (χ0) is 18.5. The molecule has 0 amide bonds. The average Bonchev–Trinajstić information content (AvgIpc) is 3.28. The monoisotopic (exact) mass is 497 g/mol. The van der Waals surface area contributed by atoms with Gasteiger partial charge in [0, 0.05) is 0 Å². The zero-order valence-electron chi connectivity index (χ0n) is 17.1. The fourth-order valence-electron chi connectivity index (χ4n) is 3.76. The molecule has 0 bridgehead atoms. The third-order valence-electron chi connectivity index (χ3n) is 5.36. The summed E-state index contributed by atoms with van der Waals surface area (Å²) in [5.74, 6) is 0. The minimum absolute atomic E-state index is 1.20. The first kappa shape index (κ1) is 20.7. The van der Waals surface area contributed by atoms with Crippen molar-refractivity contribution in [3.63, 3.8) is 0 Å². The summed E-state index contributed by atoms with van der Waals surface area (Å²) < 4.78 is 7.60. The summed E-state index contributed by atoms with van der Waals surface area (Å²) in [4.78, 5) is 6.67. The summed E-state index contributed by atoms with van der Waals surface area (Å²) in [6.45, 7) is 5.80. The number of aryl methyl sites for hydroxylation is 2. The van der Waals surface area contributed by atoms with Crippen LogP contribution in [0.3, 0.4) is 0 Å². The molecular weight excluding hydrogens is 461 g/mol. The Hall–Kier alpha value is -0.00130. The van der Waals surface area contributed by atoms with Crippen molar-refractivity contribution in [2.24, 2.45) is 0 Å². The van der Waals surface area contributed by atoms with E-state index in [0.717, 1.165) is 0 Å². The van der Waals surface area contributed by atoms with Gasteiger partial charge >= 0.3 is 175 Å². The van der Waals surface area contributed by atoms with Gasteiger partial charge in [-0.15, -0.1) is 0 Å². The van der Waals surface area contributed by atoms with Gasteiger partial charge in [-0.2, -0.15) is 0 Å². The van der Waals surface area contributed by atoms with Crippen molar-refractivity contribution >= 4 is 65.8 Å². The molecule has 0 aromatic carbocycles. The molecule has 4 heteroatoms. The Morgan fingerprint density at radius 3 is 2.15 bits per heavy atom. The molecule has 0 unspecified atom stereocenters. The Balaban J connectivity index is 1.88. The van der Waals surface area contributed by atoms with Crippen LogP contribution in [-0.2, 0) is 13.0 Å². The Bertz CT molecular complexity index is 824. The van der Waals surface area contributed by atoms with E-state index in [-0.39, 0.29) is 0 Å². The molecule has 3 aromatic rings. The SMILES string of the molecule is CCCCCCc1cc2c(s1)c1s[c]([SnH]([CH3])[CH3])cc1n2CCCCCC. The molecule has 0 aliphatic heterocycles. The topological polar surface area (TPSA) is 4.93 Å². The van der Waals surface area contributed by atoms with Crippen molar-refractivity contribution < 1.29 is 0 Å². The number of aromatic nitrogens is 1. The molecule has 3 rings (SSSR count). The first-order chi connectivity index (χ1) is 12.7. The quantitative estimate of drug-likeness (QED) is 0.194. The van der Waals surface area contributed by atoms with Gasteiger partial charge in [-0.05, 0) is 0 Å². The molecule has 0 spiro atoms. The fraction of sp³-hybridized carbons (Fsp3) is 0.636. The van der Waals surface area contributed by atoms with E-state index < -0.39 is 19.8 Å². The molecular formula is C22H35NS2Sn. The van der Waals surface area contributed by atoms with E-state index in [4.69, 9.17) is 0 Å². The van der Waals surface area contributed by atoms with Gasteiger partial charge in [0.15, 0.2) is 0 Å². The molecule has 0 saturated carbocycles. The second-order valence-corrected chi connectivity index (χ2v) is 19.7. The van der Waals surface area contributed by atoms with Crippen LogP contribution in [0.4, 0.5) is 0 Å². The average molecular weight is 496 g/mol. The normalized spacial score (nSPS) is 12.2. The molecule has 0 aliphatic rings.